The van der Waals surface area contributed by atoms with E-state index in [4.69, 9.17) is 5.73 Å². The highest BCUT2D eigenvalue weighted by atomic mass is 32.1. The molecule has 0 aliphatic rings. The Morgan fingerprint density at radius 3 is 2.43 bits per heavy atom. The zero-order chi connectivity index (χ0) is 27.1. The Morgan fingerprint density at radius 2 is 1.86 bits per heavy atom. The molecule has 3 N–H and O–H groups in total. The summed E-state index contributed by atoms with van der Waals surface area (Å²) in [4.78, 5) is 38.7. The van der Waals surface area contributed by atoms with E-state index in [9.17, 15) is 32.9 Å². The van der Waals surface area contributed by atoms with E-state index in [0.29, 0.717) is 22.6 Å². The molecule has 1 aromatic carbocycles. The lowest BCUT2D eigenvalue weighted by Crippen LogP contribution is -2.18. The molecular formula is C23H19F3N6O4S. The molecular weight excluding hydrogens is 513 g/mol. The predicted octanol–water partition coefficient (Wildman–Crippen LogP) is 4.83. The number of benzene rings is 1. The number of nitrogens with two attached hydrogens (primary N) is 1. The molecule has 0 aliphatic heterocycles. The zero-order valence-corrected chi connectivity index (χ0v) is 20.2. The van der Waals surface area contributed by atoms with Gasteiger partial charge in [-0.05, 0) is 36.0 Å². The largest absolute Gasteiger partial charge is 0.433 e. The number of nitrogens with one attached hydrogen (secondary N) is 1. The summed E-state index contributed by atoms with van der Waals surface area (Å²) in [6.07, 6.45) is -4.94. The fraction of sp³-hybridized carbons (Fsp3) is 0.217. The first-order chi connectivity index (χ1) is 17.3. The van der Waals surface area contributed by atoms with E-state index in [1.54, 1.807) is 31.2 Å². The number of hydrogen-bond acceptors (Lipinski definition) is 7. The number of fused-ring (bicyclic) bond motifs is 1. The van der Waals surface area contributed by atoms with Gasteiger partial charge in [0, 0.05) is 11.8 Å². The van der Waals surface area contributed by atoms with Crippen LogP contribution in [0, 0.1) is 24.0 Å². The molecule has 0 saturated heterocycles. The number of amides is 2. The van der Waals surface area contributed by atoms with Crippen LogP contribution in [0.5, 0.6) is 0 Å². The van der Waals surface area contributed by atoms with Gasteiger partial charge in [0.15, 0.2) is 0 Å². The first-order valence-corrected chi connectivity index (χ1v) is 11.6. The fourth-order valence-corrected chi connectivity index (χ4v) is 4.72. The van der Waals surface area contributed by atoms with E-state index in [1.165, 1.54) is 10.7 Å². The number of nitro groups is 1. The van der Waals surface area contributed by atoms with Crippen LogP contribution in [0.1, 0.15) is 33.0 Å². The van der Waals surface area contributed by atoms with Crippen molar-refractivity contribution >= 4 is 44.9 Å². The summed E-state index contributed by atoms with van der Waals surface area (Å²) in [6, 6.07) is 8.83. The van der Waals surface area contributed by atoms with Gasteiger partial charge in [-0.3, -0.25) is 9.59 Å². The number of carbonyl (C=O) groups excluding carboxylic acids is 2. The maximum Gasteiger partial charge on any atom is 0.433 e. The average molecular weight is 533 g/mol. The van der Waals surface area contributed by atoms with E-state index in [1.807, 2.05) is 6.92 Å². The molecule has 0 aliphatic carbocycles. The molecule has 0 spiro atoms. The monoisotopic (exact) mass is 532 g/mol. The standard InChI is InChI=1S/C23H19F3N6O4S/c1-11-3-5-13(6-4-11)14-10-15(23(24,25)26)28-22-18(14)19(20(37-22)21(27)34)29-17(33)7-8-31-12(2)9-16(30-31)32(35)36/h3-6,9-10H,7-8H2,1-2H3,(H2,27,34)(H,29,33). The van der Waals surface area contributed by atoms with Gasteiger partial charge in [0.1, 0.15) is 15.4 Å². The van der Waals surface area contributed by atoms with Gasteiger partial charge in [0.2, 0.25) is 5.91 Å². The van der Waals surface area contributed by atoms with Gasteiger partial charge in [0.05, 0.1) is 29.1 Å². The van der Waals surface area contributed by atoms with Crippen LogP contribution in [0.3, 0.4) is 0 Å². The number of alkyl halides is 3. The third-order valence-corrected chi connectivity index (χ3v) is 6.61. The predicted molar refractivity (Wildman–Crippen MR) is 130 cm³/mol. The van der Waals surface area contributed by atoms with Crippen molar-refractivity contribution in [3.8, 4) is 11.1 Å². The van der Waals surface area contributed by atoms with Crippen LogP contribution in [0.4, 0.5) is 24.7 Å². The summed E-state index contributed by atoms with van der Waals surface area (Å²) in [5.41, 5.74) is 6.19. The molecule has 0 unspecified atom stereocenters. The first kappa shape index (κ1) is 25.8. The van der Waals surface area contributed by atoms with Crippen LogP contribution in [0.15, 0.2) is 36.4 Å². The molecule has 4 aromatic rings. The minimum atomic E-state index is -4.75. The van der Waals surface area contributed by atoms with E-state index >= 15 is 0 Å². The highest BCUT2D eigenvalue weighted by Gasteiger charge is 2.35. The van der Waals surface area contributed by atoms with Crippen LogP contribution >= 0.6 is 11.3 Å². The van der Waals surface area contributed by atoms with Crippen molar-refractivity contribution in [2.24, 2.45) is 5.73 Å². The van der Waals surface area contributed by atoms with Gasteiger partial charge in [-0.25, -0.2) is 4.98 Å². The molecule has 3 aromatic heterocycles. The molecule has 3 heterocycles. The van der Waals surface area contributed by atoms with E-state index < -0.39 is 28.6 Å². The summed E-state index contributed by atoms with van der Waals surface area (Å²) in [6.45, 7) is 3.40. The SMILES string of the molecule is Cc1ccc(-c2cc(C(F)(F)F)nc3sc(C(N)=O)c(NC(=O)CCn4nc([N+](=O)[O-])cc4C)c23)cc1. The first-order valence-electron chi connectivity index (χ1n) is 10.8. The number of primary amides is 1. The molecule has 0 radical (unpaired) electrons. The number of pyridine rings is 1. The summed E-state index contributed by atoms with van der Waals surface area (Å²) in [5.74, 6) is -1.91. The van der Waals surface area contributed by atoms with Crippen molar-refractivity contribution < 1.29 is 27.7 Å². The molecule has 4 rings (SSSR count). The Kier molecular flexibility index (Phi) is 6.69. The van der Waals surface area contributed by atoms with E-state index in [2.05, 4.69) is 15.4 Å². The summed E-state index contributed by atoms with van der Waals surface area (Å²) in [7, 11) is 0. The summed E-state index contributed by atoms with van der Waals surface area (Å²) >= 11 is 0.647. The number of anilines is 1. The van der Waals surface area contributed by atoms with Gasteiger partial charge < -0.3 is 21.2 Å². The number of thiophene rings is 1. The lowest BCUT2D eigenvalue weighted by Gasteiger charge is -2.12. The van der Waals surface area contributed by atoms with Gasteiger partial charge in [-0.15, -0.1) is 11.3 Å². The second-order valence-electron chi connectivity index (χ2n) is 8.19. The fourth-order valence-electron chi connectivity index (χ4n) is 3.71. The van der Waals surface area contributed by atoms with Gasteiger partial charge in [-0.2, -0.15) is 17.9 Å². The third kappa shape index (κ3) is 5.28. The van der Waals surface area contributed by atoms with Crippen molar-refractivity contribution in [1.82, 2.24) is 14.8 Å². The average Bonchev–Trinajstić information content (AvgIpc) is 3.38. The van der Waals surface area contributed by atoms with Crippen LogP contribution in [0.25, 0.3) is 21.3 Å². The number of nitrogens with zero attached hydrogens (tertiary/aromatic N) is 4. The number of hydrogen-bond donors (Lipinski definition) is 2. The highest BCUT2D eigenvalue weighted by molar-refractivity contribution is 7.21. The second-order valence-corrected chi connectivity index (χ2v) is 9.19. The molecule has 37 heavy (non-hydrogen) atoms. The lowest BCUT2D eigenvalue weighted by molar-refractivity contribution is -0.389. The molecule has 2 amide bonds. The Hall–Kier alpha value is -4.33. The molecule has 0 fully saturated rings. The van der Waals surface area contributed by atoms with Crippen molar-refractivity contribution in [2.75, 3.05) is 5.32 Å². The van der Waals surface area contributed by atoms with E-state index in [0.717, 1.165) is 11.6 Å². The number of halogens is 3. The summed E-state index contributed by atoms with van der Waals surface area (Å²) in [5, 5.41) is 17.5. The molecule has 14 heteroatoms. The summed E-state index contributed by atoms with van der Waals surface area (Å²) < 4.78 is 42.2. The Morgan fingerprint density at radius 1 is 1.19 bits per heavy atom. The van der Waals surface area contributed by atoms with Crippen LogP contribution in [0.2, 0.25) is 0 Å². The number of aromatic nitrogens is 3. The van der Waals surface area contributed by atoms with Crippen LogP contribution in [-0.4, -0.2) is 31.5 Å². The smallest absolute Gasteiger partial charge is 0.365 e. The van der Waals surface area contributed by atoms with E-state index in [-0.39, 0.29) is 45.1 Å². The van der Waals surface area contributed by atoms with Gasteiger partial charge >= 0.3 is 12.0 Å². The van der Waals surface area contributed by atoms with Crippen molar-refractivity contribution in [3.63, 3.8) is 0 Å². The molecule has 10 nitrogen and oxygen atoms in total. The number of rotatable bonds is 7. The Bertz CT molecular complexity index is 1540. The van der Waals surface area contributed by atoms with Gasteiger partial charge in [0.25, 0.3) is 5.91 Å². The third-order valence-electron chi connectivity index (χ3n) is 5.51. The molecule has 0 bridgehead atoms. The lowest BCUT2D eigenvalue weighted by atomic mass is 10.00. The van der Waals surface area contributed by atoms with Crippen molar-refractivity contribution in [1.29, 1.82) is 0 Å². The Balaban J connectivity index is 1.77. The number of aryl methyl sites for hydroxylation is 3. The van der Waals surface area contributed by atoms with Crippen molar-refractivity contribution in [3.05, 3.63) is 68.3 Å². The van der Waals surface area contributed by atoms with Gasteiger partial charge in [-0.1, -0.05) is 29.8 Å². The minimum absolute atomic E-state index is 0.0131. The number of carbonyl (C=O) groups is 2. The quantitative estimate of drug-likeness (QED) is 0.257. The normalized spacial score (nSPS) is 11.6. The van der Waals surface area contributed by atoms with Crippen LogP contribution in [-0.2, 0) is 17.5 Å². The maximum atomic E-state index is 13.6. The molecule has 0 atom stereocenters. The maximum absolute atomic E-state index is 13.6. The second kappa shape index (κ2) is 9.61. The topological polar surface area (TPSA) is 146 Å². The zero-order valence-electron chi connectivity index (χ0n) is 19.4. The molecule has 0 saturated carbocycles. The minimum Gasteiger partial charge on any atom is -0.365 e. The Labute approximate surface area is 211 Å². The molecule has 192 valence electrons. The van der Waals surface area contributed by atoms with Crippen LogP contribution < -0.4 is 11.1 Å². The van der Waals surface area contributed by atoms with Crippen molar-refractivity contribution in [2.45, 2.75) is 33.0 Å². The highest BCUT2D eigenvalue weighted by Crippen LogP contribution is 2.43.